The van der Waals surface area contributed by atoms with E-state index >= 15 is 0 Å². The molecule has 1 atom stereocenters. The van der Waals surface area contributed by atoms with Gasteiger partial charge in [-0.05, 0) is 42.4 Å². The molecule has 4 heteroatoms. The van der Waals surface area contributed by atoms with Crippen molar-refractivity contribution in [1.82, 2.24) is 0 Å². The van der Waals surface area contributed by atoms with Crippen molar-refractivity contribution < 1.29 is 13.5 Å². The summed E-state index contributed by atoms with van der Waals surface area (Å²) in [5.41, 5.74) is 1.14. The highest BCUT2D eigenvalue weighted by Crippen LogP contribution is 2.24. The van der Waals surface area contributed by atoms with E-state index in [0.29, 0.717) is 24.2 Å². The largest absolute Gasteiger partial charge is 0.393 e. The summed E-state index contributed by atoms with van der Waals surface area (Å²) in [6, 6.07) is 7.14. The Kier molecular flexibility index (Phi) is 5.78. The van der Waals surface area contributed by atoms with Crippen LogP contribution in [0.2, 0.25) is 0 Å². The van der Waals surface area contributed by atoms with Crippen LogP contribution in [0.25, 0.3) is 0 Å². The minimum Gasteiger partial charge on any atom is -0.393 e. The Bertz CT molecular complexity index is 510. The monoisotopic (exact) mass is 298 g/mol. The maximum atomic E-state index is 12.2. The Morgan fingerprint density at radius 2 is 1.70 bits per heavy atom. The molecule has 114 valence electrons. The first-order chi connectivity index (χ1) is 9.16. The number of benzene rings is 1. The van der Waals surface area contributed by atoms with E-state index in [1.807, 2.05) is 19.1 Å². The van der Waals surface area contributed by atoms with Crippen LogP contribution in [0.15, 0.2) is 29.2 Å². The molecule has 0 saturated heterocycles. The lowest BCUT2D eigenvalue weighted by Crippen LogP contribution is -2.13. The molecular weight excluding hydrogens is 272 g/mol. The summed E-state index contributed by atoms with van der Waals surface area (Å²) in [5.74, 6) is 0.0962. The predicted octanol–water partition coefficient (Wildman–Crippen LogP) is 3.31. The van der Waals surface area contributed by atoms with Gasteiger partial charge in [0.25, 0.3) is 0 Å². The molecule has 1 N–H and O–H groups in total. The van der Waals surface area contributed by atoms with E-state index in [-0.39, 0.29) is 11.2 Å². The molecule has 0 aliphatic heterocycles. The summed E-state index contributed by atoms with van der Waals surface area (Å²) in [6.07, 6.45) is 1.31. The zero-order valence-electron chi connectivity index (χ0n) is 12.9. The van der Waals surface area contributed by atoms with E-state index in [1.165, 1.54) is 0 Å². The van der Waals surface area contributed by atoms with Gasteiger partial charge in [-0.1, -0.05) is 39.8 Å². The van der Waals surface area contributed by atoms with Crippen LogP contribution in [0.1, 0.15) is 52.5 Å². The fourth-order valence-electron chi connectivity index (χ4n) is 1.99. The summed E-state index contributed by atoms with van der Waals surface area (Å²) in [6.45, 7) is 8.19. The molecule has 0 heterocycles. The molecule has 1 rings (SSSR count). The van der Waals surface area contributed by atoms with Crippen LogP contribution in [0, 0.1) is 0 Å². The van der Waals surface area contributed by atoms with Crippen LogP contribution in [0.3, 0.4) is 0 Å². The zero-order valence-corrected chi connectivity index (χ0v) is 13.7. The number of aliphatic hydroxyl groups excluding tert-OH is 1. The Labute approximate surface area is 123 Å². The van der Waals surface area contributed by atoms with Crippen molar-refractivity contribution >= 4 is 9.84 Å². The van der Waals surface area contributed by atoms with Gasteiger partial charge in [-0.25, -0.2) is 8.42 Å². The minimum absolute atomic E-state index is 0.0214. The van der Waals surface area contributed by atoms with Gasteiger partial charge in [0, 0.05) is 0 Å². The van der Waals surface area contributed by atoms with E-state index in [0.717, 1.165) is 5.56 Å². The van der Waals surface area contributed by atoms with Crippen molar-refractivity contribution in [2.75, 3.05) is 5.75 Å². The highest BCUT2D eigenvalue weighted by atomic mass is 32.2. The fraction of sp³-hybridized carbons (Fsp3) is 0.625. The number of hydrogen-bond acceptors (Lipinski definition) is 3. The number of aliphatic hydroxyl groups is 1. The van der Waals surface area contributed by atoms with Crippen molar-refractivity contribution in [3.05, 3.63) is 29.8 Å². The smallest absolute Gasteiger partial charge is 0.178 e. The van der Waals surface area contributed by atoms with Gasteiger partial charge < -0.3 is 5.11 Å². The molecule has 1 aromatic carbocycles. The summed E-state index contributed by atoms with van der Waals surface area (Å²) >= 11 is 0. The predicted molar refractivity (Wildman–Crippen MR) is 82.7 cm³/mol. The molecule has 0 aromatic heterocycles. The zero-order chi connectivity index (χ0) is 15.4. The molecule has 1 unspecified atom stereocenters. The lowest BCUT2D eigenvalue weighted by atomic mass is 9.87. The lowest BCUT2D eigenvalue weighted by Gasteiger charge is -2.19. The van der Waals surface area contributed by atoms with Crippen molar-refractivity contribution in [1.29, 1.82) is 0 Å². The maximum Gasteiger partial charge on any atom is 0.178 e. The molecule has 0 spiro atoms. The Morgan fingerprint density at radius 1 is 1.15 bits per heavy atom. The summed E-state index contributed by atoms with van der Waals surface area (Å²) in [5, 5.41) is 9.46. The van der Waals surface area contributed by atoms with Gasteiger partial charge in [-0.2, -0.15) is 0 Å². The number of hydrogen-bond donors (Lipinski definition) is 1. The topological polar surface area (TPSA) is 54.4 Å². The third kappa shape index (κ3) is 4.91. The first kappa shape index (κ1) is 17.2. The molecule has 0 amide bonds. The van der Waals surface area contributed by atoms with Crippen LogP contribution in [0.5, 0.6) is 0 Å². The maximum absolute atomic E-state index is 12.2. The Hall–Kier alpha value is -0.870. The van der Waals surface area contributed by atoms with Crippen LogP contribution >= 0.6 is 0 Å². The van der Waals surface area contributed by atoms with Gasteiger partial charge >= 0.3 is 0 Å². The quantitative estimate of drug-likeness (QED) is 0.876. The summed E-state index contributed by atoms with van der Waals surface area (Å²) in [7, 11) is -3.24. The van der Waals surface area contributed by atoms with Crippen LogP contribution < -0.4 is 0 Å². The second-order valence-electron chi connectivity index (χ2n) is 6.30. The van der Waals surface area contributed by atoms with E-state index in [1.54, 1.807) is 12.1 Å². The van der Waals surface area contributed by atoms with Crippen molar-refractivity contribution in [3.63, 3.8) is 0 Å². The molecule has 0 radical (unpaired) electrons. The second kappa shape index (κ2) is 6.72. The molecule has 0 bridgehead atoms. The second-order valence-corrected chi connectivity index (χ2v) is 8.41. The van der Waals surface area contributed by atoms with Gasteiger partial charge in [0.05, 0.1) is 16.8 Å². The van der Waals surface area contributed by atoms with E-state index in [4.69, 9.17) is 0 Å². The summed E-state index contributed by atoms with van der Waals surface area (Å²) < 4.78 is 24.4. The number of sulfone groups is 1. The molecule has 20 heavy (non-hydrogen) atoms. The highest BCUT2D eigenvalue weighted by Gasteiger charge is 2.17. The van der Waals surface area contributed by atoms with Gasteiger partial charge in [0.15, 0.2) is 9.84 Å². The molecule has 1 aromatic rings. The van der Waals surface area contributed by atoms with Crippen molar-refractivity contribution in [3.8, 4) is 0 Å². The molecule has 3 nitrogen and oxygen atoms in total. The van der Waals surface area contributed by atoms with Gasteiger partial charge in [-0.3, -0.25) is 0 Å². The van der Waals surface area contributed by atoms with Crippen molar-refractivity contribution in [2.45, 2.75) is 63.4 Å². The van der Waals surface area contributed by atoms with Gasteiger partial charge in [0.2, 0.25) is 0 Å². The number of rotatable bonds is 6. The van der Waals surface area contributed by atoms with E-state index in [2.05, 4.69) is 20.8 Å². The standard InChI is InChI=1S/C16H26O3S/c1-5-14(17)7-6-12-20(18,19)15-10-8-13(9-11-15)16(2,3)4/h8-11,14,17H,5-7,12H2,1-4H3. The van der Waals surface area contributed by atoms with Crippen LogP contribution in [0.4, 0.5) is 0 Å². The first-order valence-electron chi connectivity index (χ1n) is 7.18. The van der Waals surface area contributed by atoms with E-state index in [9.17, 15) is 13.5 Å². The molecule has 0 aliphatic carbocycles. The molecule has 0 saturated carbocycles. The lowest BCUT2D eigenvalue weighted by molar-refractivity contribution is 0.159. The normalized spacial score (nSPS) is 14.2. The Balaban J connectivity index is 2.73. The average molecular weight is 298 g/mol. The van der Waals surface area contributed by atoms with E-state index < -0.39 is 15.9 Å². The third-order valence-corrected chi connectivity index (χ3v) is 5.32. The average Bonchev–Trinajstić information content (AvgIpc) is 2.37. The fourth-order valence-corrected chi connectivity index (χ4v) is 3.33. The Morgan fingerprint density at radius 3 is 2.15 bits per heavy atom. The molecule has 0 fully saturated rings. The van der Waals surface area contributed by atoms with Gasteiger partial charge in [0.1, 0.15) is 0 Å². The first-order valence-corrected chi connectivity index (χ1v) is 8.83. The molecular formula is C16H26O3S. The summed E-state index contributed by atoms with van der Waals surface area (Å²) in [4.78, 5) is 0.372. The molecule has 0 aliphatic rings. The van der Waals surface area contributed by atoms with Crippen LogP contribution in [-0.4, -0.2) is 25.4 Å². The highest BCUT2D eigenvalue weighted by molar-refractivity contribution is 7.91. The van der Waals surface area contributed by atoms with Crippen LogP contribution in [-0.2, 0) is 15.3 Å². The van der Waals surface area contributed by atoms with Crippen molar-refractivity contribution in [2.24, 2.45) is 0 Å². The van der Waals surface area contributed by atoms with Gasteiger partial charge in [-0.15, -0.1) is 0 Å². The third-order valence-electron chi connectivity index (χ3n) is 3.50. The minimum atomic E-state index is -3.24. The SMILES string of the molecule is CCC(O)CCCS(=O)(=O)c1ccc(C(C)(C)C)cc1.